The molecule has 6 nitrogen and oxygen atoms in total. The third-order valence-electron chi connectivity index (χ3n) is 4.47. The van der Waals surface area contributed by atoms with E-state index >= 15 is 0 Å². The summed E-state index contributed by atoms with van der Waals surface area (Å²) in [7, 11) is 0. The third kappa shape index (κ3) is 4.55. The van der Waals surface area contributed by atoms with Crippen molar-refractivity contribution in [3.8, 4) is 11.3 Å². The van der Waals surface area contributed by atoms with Gasteiger partial charge in [-0.15, -0.1) is 11.3 Å². The maximum Gasteiger partial charge on any atom is 0.274 e. The van der Waals surface area contributed by atoms with Crippen LogP contribution in [0.25, 0.3) is 11.3 Å². The van der Waals surface area contributed by atoms with E-state index in [4.69, 9.17) is 0 Å². The van der Waals surface area contributed by atoms with Crippen molar-refractivity contribution < 1.29 is 9.18 Å². The second-order valence-corrected chi connectivity index (χ2v) is 7.47. The molecule has 3 heterocycles. The lowest BCUT2D eigenvalue weighted by Gasteiger charge is -2.09. The Labute approximate surface area is 177 Å². The van der Waals surface area contributed by atoms with Crippen molar-refractivity contribution >= 4 is 28.1 Å². The maximum atomic E-state index is 13.3. The SMILES string of the molecule is CCNc1cccc(-c2csc(NC(=O)c3cccn3Cc3ccnc(F)c3)n2)c1. The Balaban J connectivity index is 1.48. The van der Waals surface area contributed by atoms with Crippen molar-refractivity contribution in [3.05, 3.63) is 83.5 Å². The summed E-state index contributed by atoms with van der Waals surface area (Å²) in [6.45, 7) is 3.26. The van der Waals surface area contributed by atoms with Gasteiger partial charge in [-0.3, -0.25) is 10.1 Å². The highest BCUT2D eigenvalue weighted by Crippen LogP contribution is 2.27. The lowest BCUT2D eigenvalue weighted by Crippen LogP contribution is -2.17. The number of halogens is 1. The fourth-order valence-corrected chi connectivity index (χ4v) is 3.83. The zero-order chi connectivity index (χ0) is 20.9. The number of nitrogens with zero attached hydrogens (tertiary/aromatic N) is 3. The second-order valence-electron chi connectivity index (χ2n) is 6.61. The molecular formula is C22H20FN5OS. The van der Waals surface area contributed by atoms with Crippen molar-refractivity contribution in [2.75, 3.05) is 17.2 Å². The summed E-state index contributed by atoms with van der Waals surface area (Å²) >= 11 is 1.37. The van der Waals surface area contributed by atoms with Crippen LogP contribution in [-0.4, -0.2) is 27.0 Å². The first kappa shape index (κ1) is 19.8. The maximum absolute atomic E-state index is 13.3. The minimum Gasteiger partial charge on any atom is -0.385 e. The number of pyridine rings is 1. The van der Waals surface area contributed by atoms with Crippen LogP contribution in [0, 0.1) is 5.95 Å². The van der Waals surface area contributed by atoms with E-state index in [-0.39, 0.29) is 5.91 Å². The van der Waals surface area contributed by atoms with Gasteiger partial charge >= 0.3 is 0 Å². The Kier molecular flexibility index (Phi) is 5.85. The molecule has 0 saturated carbocycles. The van der Waals surface area contributed by atoms with Gasteiger partial charge in [0.15, 0.2) is 5.13 Å². The quantitative estimate of drug-likeness (QED) is 0.417. The zero-order valence-corrected chi connectivity index (χ0v) is 17.1. The molecule has 0 aliphatic carbocycles. The van der Waals surface area contributed by atoms with Crippen LogP contribution < -0.4 is 10.6 Å². The highest BCUT2D eigenvalue weighted by atomic mass is 32.1. The van der Waals surface area contributed by atoms with Gasteiger partial charge in [0.25, 0.3) is 5.91 Å². The van der Waals surface area contributed by atoms with Gasteiger partial charge in [0.05, 0.1) is 5.69 Å². The lowest BCUT2D eigenvalue weighted by atomic mass is 10.1. The van der Waals surface area contributed by atoms with Crippen molar-refractivity contribution in [2.24, 2.45) is 0 Å². The molecule has 3 aromatic heterocycles. The van der Waals surface area contributed by atoms with Gasteiger partial charge in [0, 0.05) is 42.1 Å². The summed E-state index contributed by atoms with van der Waals surface area (Å²) in [6.07, 6.45) is 3.20. The second kappa shape index (κ2) is 8.87. The van der Waals surface area contributed by atoms with Crippen molar-refractivity contribution in [3.63, 3.8) is 0 Å². The Bertz CT molecular complexity index is 1170. The number of thiazole rings is 1. The van der Waals surface area contributed by atoms with E-state index < -0.39 is 5.95 Å². The number of rotatable bonds is 7. The van der Waals surface area contributed by atoms with Crippen LogP contribution in [0.5, 0.6) is 0 Å². The number of carbonyl (C=O) groups excluding carboxylic acids is 1. The summed E-state index contributed by atoms with van der Waals surface area (Å²) in [5.74, 6) is -0.809. The van der Waals surface area contributed by atoms with Gasteiger partial charge in [-0.25, -0.2) is 9.97 Å². The van der Waals surface area contributed by atoms with Crippen LogP contribution in [0.3, 0.4) is 0 Å². The molecule has 0 saturated heterocycles. The molecule has 0 bridgehead atoms. The number of nitrogens with one attached hydrogen (secondary N) is 2. The summed E-state index contributed by atoms with van der Waals surface area (Å²) in [4.78, 5) is 20.9. The monoisotopic (exact) mass is 421 g/mol. The largest absolute Gasteiger partial charge is 0.385 e. The van der Waals surface area contributed by atoms with E-state index in [9.17, 15) is 9.18 Å². The molecule has 1 aromatic carbocycles. The molecule has 152 valence electrons. The highest BCUT2D eigenvalue weighted by molar-refractivity contribution is 7.14. The molecule has 2 N–H and O–H groups in total. The van der Waals surface area contributed by atoms with E-state index in [0.717, 1.165) is 29.1 Å². The lowest BCUT2D eigenvalue weighted by molar-refractivity contribution is 0.101. The van der Waals surface area contributed by atoms with E-state index in [2.05, 4.69) is 20.6 Å². The minimum absolute atomic E-state index is 0.267. The van der Waals surface area contributed by atoms with Crippen molar-refractivity contribution in [2.45, 2.75) is 13.5 Å². The van der Waals surface area contributed by atoms with Crippen molar-refractivity contribution in [1.82, 2.24) is 14.5 Å². The van der Waals surface area contributed by atoms with Crippen LogP contribution in [0.4, 0.5) is 15.2 Å². The standard InChI is InChI=1S/C22H20FN5OS/c1-2-24-17-6-3-5-16(12-17)18-14-30-22(26-18)27-21(29)19-7-4-10-28(19)13-15-8-9-25-20(23)11-15/h3-12,14,24H,2,13H2,1H3,(H,26,27,29). The third-order valence-corrected chi connectivity index (χ3v) is 5.23. The summed E-state index contributed by atoms with van der Waals surface area (Å²) in [6, 6.07) is 14.6. The smallest absolute Gasteiger partial charge is 0.274 e. The minimum atomic E-state index is -0.542. The predicted octanol–water partition coefficient (Wildman–Crippen LogP) is 4.88. The number of benzene rings is 1. The number of amides is 1. The Morgan fingerprint density at radius 1 is 1.20 bits per heavy atom. The van der Waals surface area contributed by atoms with Gasteiger partial charge in [-0.05, 0) is 48.9 Å². The summed E-state index contributed by atoms with van der Waals surface area (Å²) in [5, 5.41) is 8.57. The average Bonchev–Trinajstić information content (AvgIpc) is 3.38. The molecule has 0 unspecified atom stereocenters. The molecule has 0 fully saturated rings. The van der Waals surface area contributed by atoms with Gasteiger partial charge < -0.3 is 9.88 Å². The Hall–Kier alpha value is -3.52. The van der Waals surface area contributed by atoms with Crippen LogP contribution >= 0.6 is 11.3 Å². The normalized spacial score (nSPS) is 10.7. The predicted molar refractivity (Wildman–Crippen MR) is 117 cm³/mol. The molecule has 0 aliphatic rings. The summed E-state index contributed by atoms with van der Waals surface area (Å²) < 4.78 is 15.1. The fourth-order valence-electron chi connectivity index (χ4n) is 3.11. The molecule has 0 spiro atoms. The number of aromatic nitrogens is 3. The number of anilines is 2. The fraction of sp³-hybridized carbons (Fsp3) is 0.136. The number of hydrogen-bond acceptors (Lipinski definition) is 5. The molecule has 4 rings (SSSR count). The molecular weight excluding hydrogens is 401 g/mol. The van der Waals surface area contributed by atoms with Crippen LogP contribution in [0.1, 0.15) is 23.0 Å². The van der Waals surface area contributed by atoms with Gasteiger partial charge in [0.1, 0.15) is 5.69 Å². The summed E-state index contributed by atoms with van der Waals surface area (Å²) in [5.41, 5.74) is 4.01. The first-order chi connectivity index (χ1) is 14.6. The topological polar surface area (TPSA) is 71.8 Å². The first-order valence-corrected chi connectivity index (χ1v) is 10.4. The van der Waals surface area contributed by atoms with Gasteiger partial charge in [0.2, 0.25) is 5.95 Å². The average molecular weight is 422 g/mol. The highest BCUT2D eigenvalue weighted by Gasteiger charge is 2.14. The zero-order valence-electron chi connectivity index (χ0n) is 16.3. The van der Waals surface area contributed by atoms with Crippen molar-refractivity contribution in [1.29, 1.82) is 0 Å². The molecule has 4 aromatic rings. The molecule has 1 amide bonds. The number of carbonyl (C=O) groups is 1. The van der Waals surface area contributed by atoms with Gasteiger partial charge in [-0.2, -0.15) is 4.39 Å². The Morgan fingerprint density at radius 3 is 2.93 bits per heavy atom. The molecule has 0 aliphatic heterocycles. The van der Waals surface area contributed by atoms with Crippen LogP contribution in [0.2, 0.25) is 0 Å². The van der Waals surface area contributed by atoms with Crippen LogP contribution in [0.15, 0.2) is 66.3 Å². The van der Waals surface area contributed by atoms with E-state index in [0.29, 0.717) is 17.4 Å². The molecule has 8 heteroatoms. The van der Waals surface area contributed by atoms with E-state index in [1.165, 1.54) is 23.6 Å². The van der Waals surface area contributed by atoms with E-state index in [1.54, 1.807) is 29.0 Å². The first-order valence-electron chi connectivity index (χ1n) is 9.49. The molecule has 0 radical (unpaired) electrons. The van der Waals surface area contributed by atoms with Gasteiger partial charge in [-0.1, -0.05) is 12.1 Å². The molecule has 0 atom stereocenters. The Morgan fingerprint density at radius 2 is 2.10 bits per heavy atom. The molecule has 30 heavy (non-hydrogen) atoms. The van der Waals surface area contributed by atoms with Crippen LogP contribution in [-0.2, 0) is 6.54 Å². The number of hydrogen-bond donors (Lipinski definition) is 2. The van der Waals surface area contributed by atoms with E-state index in [1.807, 2.05) is 36.6 Å².